The minimum atomic E-state index is -0.948. The van der Waals surface area contributed by atoms with Gasteiger partial charge in [0, 0.05) is 27.5 Å². The minimum absolute atomic E-state index is 0.0927. The van der Waals surface area contributed by atoms with Crippen LogP contribution < -0.4 is 15.4 Å². The van der Waals surface area contributed by atoms with Crippen molar-refractivity contribution >= 4 is 39.1 Å². The standard InChI is InChI=1S/C22H22BrN3O3/c1-29-16-7-5-14(6-8-16)24-20(27)18-12-15-3-2-10-26(15)22(18)17-11-13(23)4-9-19(17)25-21(22)28/h4-9,11,15,18H,2-3,10,12H2,1H3,(H,24,27)(H,25,28). The van der Waals surface area contributed by atoms with Gasteiger partial charge in [0.15, 0.2) is 0 Å². The number of methoxy groups -OCH3 is 1. The van der Waals surface area contributed by atoms with Crippen LogP contribution in [0.3, 0.4) is 0 Å². The molecule has 2 amide bonds. The van der Waals surface area contributed by atoms with Crippen LogP contribution in [0.1, 0.15) is 24.8 Å². The Hall–Kier alpha value is -2.38. The normalized spacial score (nSPS) is 27.6. The van der Waals surface area contributed by atoms with Crippen LogP contribution in [0.5, 0.6) is 5.75 Å². The van der Waals surface area contributed by atoms with Gasteiger partial charge in [0.2, 0.25) is 11.8 Å². The second-order valence-electron chi connectivity index (χ2n) is 7.91. The summed E-state index contributed by atoms with van der Waals surface area (Å²) >= 11 is 3.54. The van der Waals surface area contributed by atoms with Crippen molar-refractivity contribution in [2.75, 3.05) is 24.3 Å². The first kappa shape index (κ1) is 18.6. The number of hydrogen-bond donors (Lipinski definition) is 2. The van der Waals surface area contributed by atoms with Crippen LogP contribution in [0, 0.1) is 5.92 Å². The number of halogens is 1. The Bertz CT molecular complexity index is 993. The van der Waals surface area contributed by atoms with Crippen molar-refractivity contribution in [1.82, 2.24) is 4.90 Å². The summed E-state index contributed by atoms with van der Waals surface area (Å²) in [5.74, 6) is 0.0674. The Labute approximate surface area is 177 Å². The van der Waals surface area contributed by atoms with E-state index in [0.29, 0.717) is 12.1 Å². The summed E-state index contributed by atoms with van der Waals surface area (Å²) in [6.45, 7) is 0.830. The van der Waals surface area contributed by atoms with Crippen LogP contribution in [-0.4, -0.2) is 36.4 Å². The van der Waals surface area contributed by atoms with Gasteiger partial charge in [-0.25, -0.2) is 0 Å². The summed E-state index contributed by atoms with van der Waals surface area (Å²) in [4.78, 5) is 29.1. The largest absolute Gasteiger partial charge is 0.497 e. The Morgan fingerprint density at radius 3 is 2.83 bits per heavy atom. The van der Waals surface area contributed by atoms with E-state index in [1.165, 1.54) is 0 Å². The van der Waals surface area contributed by atoms with Gasteiger partial charge in [-0.2, -0.15) is 0 Å². The molecule has 1 spiro atoms. The second-order valence-corrected chi connectivity index (χ2v) is 8.82. The number of fused-ring (bicyclic) bond motifs is 4. The van der Waals surface area contributed by atoms with E-state index >= 15 is 0 Å². The fraction of sp³-hybridized carbons (Fsp3) is 0.364. The van der Waals surface area contributed by atoms with Gasteiger partial charge >= 0.3 is 0 Å². The Balaban J connectivity index is 1.55. The zero-order chi connectivity index (χ0) is 20.2. The van der Waals surface area contributed by atoms with Crippen molar-refractivity contribution in [2.45, 2.75) is 30.8 Å². The molecule has 2 N–H and O–H groups in total. The van der Waals surface area contributed by atoms with Gasteiger partial charge in [-0.3, -0.25) is 14.5 Å². The highest BCUT2D eigenvalue weighted by Crippen LogP contribution is 2.55. The van der Waals surface area contributed by atoms with Gasteiger partial charge in [0.05, 0.1) is 13.0 Å². The number of amides is 2. The molecule has 150 valence electrons. The van der Waals surface area contributed by atoms with Crippen LogP contribution in [0.2, 0.25) is 0 Å². The molecule has 7 heteroatoms. The fourth-order valence-corrected chi connectivity index (χ4v) is 5.66. The van der Waals surface area contributed by atoms with Crippen LogP contribution in [0.4, 0.5) is 11.4 Å². The summed E-state index contributed by atoms with van der Waals surface area (Å²) in [5, 5.41) is 6.06. The van der Waals surface area contributed by atoms with Crippen LogP contribution >= 0.6 is 15.9 Å². The molecular weight excluding hydrogens is 434 g/mol. The molecule has 0 aliphatic carbocycles. The lowest BCUT2D eigenvalue weighted by Crippen LogP contribution is -2.53. The smallest absolute Gasteiger partial charge is 0.250 e. The quantitative estimate of drug-likeness (QED) is 0.739. The highest BCUT2D eigenvalue weighted by atomic mass is 79.9. The summed E-state index contributed by atoms with van der Waals surface area (Å²) in [5.41, 5.74) is 1.45. The van der Waals surface area contributed by atoms with E-state index in [4.69, 9.17) is 4.74 Å². The van der Waals surface area contributed by atoms with Gasteiger partial charge in [-0.15, -0.1) is 0 Å². The lowest BCUT2D eigenvalue weighted by atomic mass is 9.78. The van der Waals surface area contributed by atoms with Crippen molar-refractivity contribution in [3.63, 3.8) is 0 Å². The Morgan fingerprint density at radius 2 is 2.07 bits per heavy atom. The number of ether oxygens (including phenoxy) is 1. The molecule has 5 rings (SSSR count). The molecule has 3 aliphatic rings. The maximum absolute atomic E-state index is 13.4. The first-order chi connectivity index (χ1) is 14.0. The van der Waals surface area contributed by atoms with Crippen molar-refractivity contribution in [3.05, 3.63) is 52.5 Å². The molecule has 2 saturated heterocycles. The molecule has 0 aromatic heterocycles. The SMILES string of the molecule is COc1ccc(NC(=O)C2CC3CCCN3C23C(=O)Nc2ccc(Br)cc23)cc1. The predicted molar refractivity (Wildman–Crippen MR) is 114 cm³/mol. The van der Waals surface area contributed by atoms with Gasteiger partial charge in [0.25, 0.3) is 0 Å². The van der Waals surface area contributed by atoms with E-state index in [0.717, 1.165) is 40.9 Å². The van der Waals surface area contributed by atoms with Gasteiger partial charge in [-0.05, 0) is 68.3 Å². The van der Waals surface area contributed by atoms with E-state index < -0.39 is 11.5 Å². The molecule has 0 bridgehead atoms. The third-order valence-corrected chi connectivity index (χ3v) is 7.00. The summed E-state index contributed by atoms with van der Waals surface area (Å²) in [7, 11) is 1.61. The number of carbonyl (C=O) groups is 2. The molecule has 0 saturated carbocycles. The molecule has 6 nitrogen and oxygen atoms in total. The Morgan fingerprint density at radius 1 is 1.28 bits per heavy atom. The maximum atomic E-state index is 13.4. The molecule has 3 unspecified atom stereocenters. The zero-order valence-electron chi connectivity index (χ0n) is 16.1. The first-order valence-corrected chi connectivity index (χ1v) is 10.7. The molecule has 2 aromatic rings. The molecule has 0 radical (unpaired) electrons. The summed E-state index contributed by atoms with van der Waals surface area (Å²) in [6, 6.07) is 13.3. The molecule has 29 heavy (non-hydrogen) atoms. The summed E-state index contributed by atoms with van der Waals surface area (Å²) in [6.07, 6.45) is 2.75. The number of benzene rings is 2. The first-order valence-electron chi connectivity index (χ1n) is 9.87. The van der Waals surface area contributed by atoms with E-state index in [1.807, 2.05) is 42.5 Å². The lowest BCUT2D eigenvalue weighted by molar-refractivity contribution is -0.135. The number of nitrogens with one attached hydrogen (secondary N) is 2. The third kappa shape index (κ3) is 2.71. The highest BCUT2D eigenvalue weighted by molar-refractivity contribution is 9.10. The number of anilines is 2. The van der Waals surface area contributed by atoms with Gasteiger partial charge in [-0.1, -0.05) is 15.9 Å². The van der Waals surface area contributed by atoms with Crippen LogP contribution in [0.25, 0.3) is 0 Å². The fourth-order valence-electron chi connectivity index (χ4n) is 5.30. The summed E-state index contributed by atoms with van der Waals surface area (Å²) < 4.78 is 6.09. The van der Waals surface area contributed by atoms with Gasteiger partial charge < -0.3 is 15.4 Å². The number of hydrogen-bond acceptors (Lipinski definition) is 4. The zero-order valence-corrected chi connectivity index (χ0v) is 17.7. The molecule has 2 aromatic carbocycles. The van der Waals surface area contributed by atoms with Crippen molar-refractivity contribution in [1.29, 1.82) is 0 Å². The minimum Gasteiger partial charge on any atom is -0.497 e. The predicted octanol–water partition coefficient (Wildman–Crippen LogP) is 3.73. The van der Waals surface area contributed by atoms with E-state index in [-0.39, 0.29) is 17.9 Å². The average molecular weight is 456 g/mol. The van der Waals surface area contributed by atoms with E-state index in [1.54, 1.807) is 7.11 Å². The molecular formula is C22H22BrN3O3. The number of rotatable bonds is 3. The van der Waals surface area contributed by atoms with Crippen molar-refractivity contribution in [2.24, 2.45) is 5.92 Å². The van der Waals surface area contributed by atoms with Crippen LogP contribution in [0.15, 0.2) is 46.9 Å². The average Bonchev–Trinajstić information content (AvgIpc) is 3.37. The second kappa shape index (κ2) is 6.85. The number of nitrogens with zero attached hydrogens (tertiary/aromatic N) is 1. The van der Waals surface area contributed by atoms with Gasteiger partial charge in [0.1, 0.15) is 11.3 Å². The molecule has 3 aliphatic heterocycles. The van der Waals surface area contributed by atoms with E-state index in [9.17, 15) is 9.59 Å². The molecule has 2 fully saturated rings. The van der Waals surface area contributed by atoms with E-state index in [2.05, 4.69) is 31.5 Å². The highest BCUT2D eigenvalue weighted by Gasteiger charge is 2.65. The monoisotopic (exact) mass is 455 g/mol. The van der Waals surface area contributed by atoms with Crippen LogP contribution in [-0.2, 0) is 15.1 Å². The lowest BCUT2D eigenvalue weighted by Gasteiger charge is -2.36. The molecule has 3 atom stereocenters. The number of carbonyl (C=O) groups excluding carboxylic acids is 2. The Kier molecular flexibility index (Phi) is 4.40. The van der Waals surface area contributed by atoms with Crippen molar-refractivity contribution in [3.8, 4) is 5.75 Å². The van der Waals surface area contributed by atoms with Crippen molar-refractivity contribution < 1.29 is 14.3 Å². The third-order valence-electron chi connectivity index (χ3n) is 6.50. The molecule has 3 heterocycles. The topological polar surface area (TPSA) is 70.7 Å². The maximum Gasteiger partial charge on any atom is 0.250 e.